The van der Waals surface area contributed by atoms with E-state index >= 15 is 0 Å². The number of carboxylic acids is 1. The van der Waals surface area contributed by atoms with Gasteiger partial charge in [-0.05, 0) is 54.2 Å². The summed E-state index contributed by atoms with van der Waals surface area (Å²) in [7, 11) is 0. The van der Waals surface area contributed by atoms with E-state index in [0.717, 1.165) is 22.9 Å². The molecule has 0 aliphatic heterocycles. The number of rotatable bonds is 3. The third kappa shape index (κ3) is 3.28. The van der Waals surface area contributed by atoms with Crippen molar-refractivity contribution in [3.63, 3.8) is 0 Å². The largest absolute Gasteiger partial charge is 0.481 e. The Morgan fingerprint density at radius 3 is 2.76 bits per heavy atom. The van der Waals surface area contributed by atoms with E-state index in [2.05, 4.69) is 21.2 Å². The van der Waals surface area contributed by atoms with E-state index in [0.29, 0.717) is 18.4 Å². The van der Waals surface area contributed by atoms with Gasteiger partial charge >= 0.3 is 5.97 Å². The average molecular weight is 354 g/mol. The summed E-state index contributed by atoms with van der Waals surface area (Å²) >= 11 is 3.43. The molecule has 5 heteroatoms. The molecule has 0 saturated heterocycles. The van der Waals surface area contributed by atoms with Crippen molar-refractivity contribution in [2.45, 2.75) is 45.1 Å². The van der Waals surface area contributed by atoms with E-state index in [1.165, 1.54) is 0 Å². The van der Waals surface area contributed by atoms with Crippen molar-refractivity contribution in [3.05, 3.63) is 33.8 Å². The molecule has 114 valence electrons. The Kier molecular flexibility index (Phi) is 4.71. The number of hydrogen-bond acceptors (Lipinski definition) is 2. The smallest absolute Gasteiger partial charge is 0.308 e. The number of halogens is 1. The molecule has 1 aromatic carbocycles. The Bertz CT molecular complexity index is 573. The van der Waals surface area contributed by atoms with Gasteiger partial charge in [0.05, 0.1) is 17.0 Å². The van der Waals surface area contributed by atoms with E-state index in [4.69, 9.17) is 0 Å². The van der Waals surface area contributed by atoms with E-state index < -0.39 is 17.4 Å². The standard InChI is InChI=1S/C16H20BrNO3/c1-10-6-5-7-11(13(10)17)14(19)18-16(2)9-4-3-8-12(16)15(20)21/h5-7,12H,3-4,8-9H2,1-2H3,(H,18,19)(H,20,21). The van der Waals surface area contributed by atoms with Crippen molar-refractivity contribution in [3.8, 4) is 0 Å². The first-order chi connectivity index (χ1) is 9.85. The molecule has 21 heavy (non-hydrogen) atoms. The topological polar surface area (TPSA) is 66.4 Å². The molecule has 2 rings (SSSR count). The van der Waals surface area contributed by atoms with Crippen molar-refractivity contribution in [1.82, 2.24) is 5.32 Å². The van der Waals surface area contributed by atoms with Gasteiger partial charge in [-0.25, -0.2) is 0 Å². The lowest BCUT2D eigenvalue weighted by molar-refractivity contribution is -0.145. The van der Waals surface area contributed by atoms with E-state index in [1.807, 2.05) is 26.0 Å². The molecule has 1 amide bonds. The van der Waals surface area contributed by atoms with Gasteiger partial charge in [-0.15, -0.1) is 0 Å². The van der Waals surface area contributed by atoms with Gasteiger partial charge in [0.1, 0.15) is 0 Å². The lowest BCUT2D eigenvalue weighted by Gasteiger charge is -2.39. The Morgan fingerprint density at radius 1 is 1.38 bits per heavy atom. The molecule has 0 bridgehead atoms. The van der Waals surface area contributed by atoms with Gasteiger partial charge in [0.2, 0.25) is 0 Å². The van der Waals surface area contributed by atoms with E-state index in [1.54, 1.807) is 6.07 Å². The molecule has 2 N–H and O–H groups in total. The molecule has 1 aliphatic carbocycles. The number of aryl methyl sites for hydroxylation is 1. The fraction of sp³-hybridized carbons (Fsp3) is 0.500. The van der Waals surface area contributed by atoms with Crippen LogP contribution in [0.25, 0.3) is 0 Å². The number of carbonyl (C=O) groups is 2. The zero-order valence-corrected chi connectivity index (χ0v) is 13.9. The predicted octanol–water partition coefficient (Wildman–Crippen LogP) is 3.52. The first-order valence-corrected chi connectivity index (χ1v) is 7.95. The minimum atomic E-state index is -0.833. The normalized spacial score (nSPS) is 25.4. The summed E-state index contributed by atoms with van der Waals surface area (Å²) in [4.78, 5) is 24.0. The number of carbonyl (C=O) groups excluding carboxylic acids is 1. The average Bonchev–Trinajstić information content (AvgIpc) is 2.41. The van der Waals surface area contributed by atoms with Crippen LogP contribution in [0.4, 0.5) is 0 Å². The second-order valence-corrected chi connectivity index (χ2v) is 6.74. The highest BCUT2D eigenvalue weighted by molar-refractivity contribution is 9.10. The summed E-state index contributed by atoms with van der Waals surface area (Å²) in [6.45, 7) is 3.76. The van der Waals surface area contributed by atoms with Crippen molar-refractivity contribution < 1.29 is 14.7 Å². The van der Waals surface area contributed by atoms with Gasteiger partial charge in [0.15, 0.2) is 0 Å². The molecule has 0 spiro atoms. The van der Waals surface area contributed by atoms with E-state index in [-0.39, 0.29) is 5.91 Å². The Hall–Kier alpha value is -1.36. The Morgan fingerprint density at radius 2 is 2.10 bits per heavy atom. The maximum Gasteiger partial charge on any atom is 0.308 e. The van der Waals surface area contributed by atoms with E-state index in [9.17, 15) is 14.7 Å². The highest BCUT2D eigenvalue weighted by Crippen LogP contribution is 2.34. The lowest BCUT2D eigenvalue weighted by atomic mass is 9.73. The molecule has 2 unspecified atom stereocenters. The minimum absolute atomic E-state index is 0.221. The minimum Gasteiger partial charge on any atom is -0.481 e. The SMILES string of the molecule is Cc1cccc(C(=O)NC2(C)CCCCC2C(=O)O)c1Br. The summed E-state index contributed by atoms with van der Waals surface area (Å²) in [5.74, 6) is -1.58. The number of carboxylic acid groups (broad SMARTS) is 1. The van der Waals surface area contributed by atoms with Crippen LogP contribution >= 0.6 is 15.9 Å². The first-order valence-electron chi connectivity index (χ1n) is 7.15. The first kappa shape index (κ1) is 16.0. The number of aliphatic carboxylic acids is 1. The third-order valence-corrected chi connectivity index (χ3v) is 5.39. The monoisotopic (exact) mass is 353 g/mol. The molecule has 1 saturated carbocycles. The summed E-state index contributed by atoms with van der Waals surface area (Å²) in [5, 5.41) is 12.4. The van der Waals surface area contributed by atoms with Crippen molar-refractivity contribution in [2.24, 2.45) is 5.92 Å². The van der Waals surface area contributed by atoms with Crippen LogP contribution in [-0.4, -0.2) is 22.5 Å². The van der Waals surface area contributed by atoms with Gasteiger partial charge in [0, 0.05) is 4.47 Å². The molecule has 0 radical (unpaired) electrons. The molecule has 1 aromatic rings. The molecule has 1 aliphatic rings. The molecule has 4 nitrogen and oxygen atoms in total. The second-order valence-electron chi connectivity index (χ2n) is 5.94. The molecule has 1 fully saturated rings. The molecule has 2 atom stereocenters. The van der Waals surface area contributed by atoms with Gasteiger partial charge < -0.3 is 10.4 Å². The molecular weight excluding hydrogens is 334 g/mol. The number of hydrogen-bond donors (Lipinski definition) is 2. The summed E-state index contributed by atoms with van der Waals surface area (Å²) in [6.07, 6.45) is 3.15. The van der Waals surface area contributed by atoms with Crippen LogP contribution < -0.4 is 5.32 Å². The van der Waals surface area contributed by atoms with Crippen LogP contribution in [0.2, 0.25) is 0 Å². The Balaban J connectivity index is 2.24. The van der Waals surface area contributed by atoms with Crippen LogP contribution in [0.15, 0.2) is 22.7 Å². The van der Waals surface area contributed by atoms with Crippen molar-refractivity contribution in [2.75, 3.05) is 0 Å². The predicted molar refractivity (Wildman–Crippen MR) is 84.3 cm³/mol. The summed E-state index contributed by atoms with van der Waals surface area (Å²) in [6, 6.07) is 5.49. The van der Waals surface area contributed by atoms with Gasteiger partial charge in [0.25, 0.3) is 5.91 Å². The summed E-state index contributed by atoms with van der Waals surface area (Å²) < 4.78 is 0.758. The molecule has 0 heterocycles. The molecular formula is C16H20BrNO3. The van der Waals surface area contributed by atoms with Gasteiger partial charge in [-0.2, -0.15) is 0 Å². The van der Waals surface area contributed by atoms with Crippen LogP contribution in [0.1, 0.15) is 48.5 Å². The molecule has 0 aromatic heterocycles. The van der Waals surface area contributed by atoms with Crippen LogP contribution in [0, 0.1) is 12.8 Å². The highest BCUT2D eigenvalue weighted by Gasteiger charge is 2.42. The van der Waals surface area contributed by atoms with Gasteiger partial charge in [-0.1, -0.05) is 25.0 Å². The van der Waals surface area contributed by atoms with Crippen LogP contribution in [0.3, 0.4) is 0 Å². The third-order valence-electron chi connectivity index (χ3n) is 4.34. The maximum absolute atomic E-state index is 12.5. The second kappa shape index (κ2) is 6.18. The fourth-order valence-corrected chi connectivity index (χ4v) is 3.47. The number of nitrogens with one attached hydrogen (secondary N) is 1. The number of benzene rings is 1. The van der Waals surface area contributed by atoms with Crippen molar-refractivity contribution in [1.29, 1.82) is 0 Å². The zero-order valence-electron chi connectivity index (χ0n) is 12.3. The van der Waals surface area contributed by atoms with Crippen molar-refractivity contribution >= 4 is 27.8 Å². The Labute approximate surface area is 133 Å². The van der Waals surface area contributed by atoms with Gasteiger partial charge in [-0.3, -0.25) is 9.59 Å². The quantitative estimate of drug-likeness (QED) is 0.873. The van der Waals surface area contributed by atoms with Crippen LogP contribution in [0.5, 0.6) is 0 Å². The maximum atomic E-state index is 12.5. The summed E-state index contributed by atoms with van der Waals surface area (Å²) in [5.41, 5.74) is 0.835. The lowest BCUT2D eigenvalue weighted by Crippen LogP contribution is -2.55. The fourth-order valence-electron chi connectivity index (χ4n) is 3.03. The number of amides is 1. The zero-order chi connectivity index (χ0) is 15.6. The highest BCUT2D eigenvalue weighted by atomic mass is 79.9. The van der Waals surface area contributed by atoms with Crippen LogP contribution in [-0.2, 0) is 4.79 Å².